The largest absolute Gasteiger partial charge is 0.497 e. The van der Waals surface area contributed by atoms with E-state index in [9.17, 15) is 4.79 Å². The minimum Gasteiger partial charge on any atom is -0.497 e. The lowest BCUT2D eigenvalue weighted by Crippen LogP contribution is -2.43. The van der Waals surface area contributed by atoms with E-state index in [1.54, 1.807) is 7.11 Å². The third kappa shape index (κ3) is 3.29. The summed E-state index contributed by atoms with van der Waals surface area (Å²) in [5, 5.41) is 6.16. The molecule has 2 rings (SSSR count). The maximum Gasteiger partial charge on any atom is 0.227 e. The van der Waals surface area contributed by atoms with Crippen LogP contribution in [0.2, 0.25) is 0 Å². The molecule has 1 aromatic rings. The number of rotatable bonds is 5. The number of hydrogen-bond donors (Lipinski definition) is 2. The van der Waals surface area contributed by atoms with Gasteiger partial charge in [-0.1, -0.05) is 12.1 Å². The molecule has 3 unspecified atom stereocenters. The molecule has 0 radical (unpaired) electrons. The van der Waals surface area contributed by atoms with Crippen molar-refractivity contribution in [3.8, 4) is 5.75 Å². The molecule has 3 atom stereocenters. The lowest BCUT2D eigenvalue weighted by molar-refractivity contribution is -0.126. The molecule has 0 saturated carbocycles. The summed E-state index contributed by atoms with van der Waals surface area (Å²) in [5.41, 5.74) is 1.05. The predicted molar refractivity (Wildman–Crippen MR) is 76.7 cm³/mol. The second kappa shape index (κ2) is 6.72. The smallest absolute Gasteiger partial charge is 0.227 e. The number of methoxy groups -OCH3 is 1. The van der Waals surface area contributed by atoms with E-state index in [1.807, 2.05) is 38.2 Å². The fourth-order valence-electron chi connectivity index (χ4n) is 2.39. The molecule has 0 spiro atoms. The number of carbonyl (C=O) groups excluding carboxylic acids is 1. The highest BCUT2D eigenvalue weighted by Crippen LogP contribution is 2.19. The van der Waals surface area contributed by atoms with Crippen LogP contribution in [0.5, 0.6) is 5.75 Å². The zero-order valence-electron chi connectivity index (χ0n) is 12.2. The Kier molecular flexibility index (Phi) is 4.98. The Morgan fingerprint density at radius 1 is 1.35 bits per heavy atom. The maximum absolute atomic E-state index is 12.3. The minimum atomic E-state index is -0.124. The number of likely N-dealkylation sites (N-methyl/N-ethyl adjacent to an activating group) is 1. The summed E-state index contributed by atoms with van der Waals surface area (Å²) in [4.78, 5) is 12.3. The molecule has 2 N–H and O–H groups in total. The highest BCUT2D eigenvalue weighted by atomic mass is 16.5. The van der Waals surface area contributed by atoms with E-state index in [0.29, 0.717) is 13.2 Å². The Morgan fingerprint density at radius 3 is 2.65 bits per heavy atom. The molecule has 20 heavy (non-hydrogen) atoms. The van der Waals surface area contributed by atoms with Crippen molar-refractivity contribution in [2.24, 2.45) is 5.92 Å². The van der Waals surface area contributed by atoms with E-state index >= 15 is 0 Å². The Hall–Kier alpha value is -1.59. The van der Waals surface area contributed by atoms with Crippen LogP contribution in [0, 0.1) is 5.92 Å². The summed E-state index contributed by atoms with van der Waals surface area (Å²) >= 11 is 0. The quantitative estimate of drug-likeness (QED) is 0.847. The summed E-state index contributed by atoms with van der Waals surface area (Å²) < 4.78 is 10.5. The molecule has 5 heteroatoms. The second-order valence-corrected chi connectivity index (χ2v) is 5.04. The van der Waals surface area contributed by atoms with Crippen molar-refractivity contribution in [2.45, 2.75) is 19.0 Å². The molecule has 1 amide bonds. The van der Waals surface area contributed by atoms with Gasteiger partial charge in [0.2, 0.25) is 5.91 Å². The molecule has 5 nitrogen and oxygen atoms in total. The van der Waals surface area contributed by atoms with Crippen molar-refractivity contribution < 1.29 is 14.3 Å². The Morgan fingerprint density at radius 2 is 2.05 bits per heavy atom. The predicted octanol–water partition coefficient (Wildman–Crippen LogP) is 1.11. The SMILES string of the molecule is CNC1COCC1C(=O)NC(C)c1ccc(OC)cc1. The van der Waals surface area contributed by atoms with Gasteiger partial charge in [-0.25, -0.2) is 0 Å². The molecule has 1 heterocycles. The third-order valence-corrected chi connectivity index (χ3v) is 3.76. The highest BCUT2D eigenvalue weighted by Gasteiger charge is 2.33. The van der Waals surface area contributed by atoms with Gasteiger partial charge in [0.25, 0.3) is 0 Å². The first-order chi connectivity index (χ1) is 9.65. The number of carbonyl (C=O) groups is 1. The van der Waals surface area contributed by atoms with E-state index in [1.165, 1.54) is 0 Å². The zero-order chi connectivity index (χ0) is 14.5. The molecule has 110 valence electrons. The average Bonchev–Trinajstić information content (AvgIpc) is 2.95. The standard InChI is InChI=1S/C15H22N2O3/c1-10(11-4-6-12(19-3)7-5-11)17-15(18)13-8-20-9-14(13)16-2/h4-7,10,13-14,16H,8-9H2,1-3H3,(H,17,18). The molecule has 0 aliphatic carbocycles. The topological polar surface area (TPSA) is 59.6 Å². The monoisotopic (exact) mass is 278 g/mol. The molecular weight excluding hydrogens is 256 g/mol. The Bertz CT molecular complexity index is 447. The molecule has 1 aliphatic heterocycles. The van der Waals surface area contributed by atoms with E-state index in [4.69, 9.17) is 9.47 Å². The van der Waals surface area contributed by atoms with Crippen molar-refractivity contribution in [3.05, 3.63) is 29.8 Å². The van der Waals surface area contributed by atoms with Gasteiger partial charge in [0.15, 0.2) is 0 Å². The summed E-state index contributed by atoms with van der Waals surface area (Å²) in [7, 11) is 3.49. The first-order valence-electron chi connectivity index (χ1n) is 6.85. The van der Waals surface area contributed by atoms with Crippen LogP contribution in [0.4, 0.5) is 0 Å². The summed E-state index contributed by atoms with van der Waals surface area (Å²) in [5.74, 6) is 0.720. The minimum absolute atomic E-state index is 0.0326. The lowest BCUT2D eigenvalue weighted by atomic mass is 10.0. The summed E-state index contributed by atoms with van der Waals surface area (Å²) in [6, 6.07) is 7.78. The van der Waals surface area contributed by atoms with Crippen LogP contribution in [0.25, 0.3) is 0 Å². The average molecular weight is 278 g/mol. The Labute approximate surface area is 119 Å². The number of amides is 1. The fraction of sp³-hybridized carbons (Fsp3) is 0.533. The molecular formula is C15H22N2O3. The van der Waals surface area contributed by atoms with Gasteiger partial charge < -0.3 is 20.1 Å². The van der Waals surface area contributed by atoms with Gasteiger partial charge in [-0.2, -0.15) is 0 Å². The third-order valence-electron chi connectivity index (χ3n) is 3.76. The maximum atomic E-state index is 12.3. The number of ether oxygens (including phenoxy) is 2. The van der Waals surface area contributed by atoms with E-state index in [-0.39, 0.29) is 23.9 Å². The van der Waals surface area contributed by atoms with Crippen molar-refractivity contribution in [3.63, 3.8) is 0 Å². The van der Waals surface area contributed by atoms with Crippen LogP contribution in [0.1, 0.15) is 18.5 Å². The normalized spacial score (nSPS) is 23.4. The first-order valence-corrected chi connectivity index (χ1v) is 6.85. The van der Waals surface area contributed by atoms with Gasteiger partial charge in [-0.15, -0.1) is 0 Å². The van der Waals surface area contributed by atoms with Gasteiger partial charge in [0.05, 0.1) is 32.3 Å². The number of benzene rings is 1. The van der Waals surface area contributed by atoms with Crippen molar-refractivity contribution in [1.29, 1.82) is 0 Å². The van der Waals surface area contributed by atoms with E-state index in [2.05, 4.69) is 10.6 Å². The summed E-state index contributed by atoms with van der Waals surface area (Å²) in [6.45, 7) is 3.04. The van der Waals surface area contributed by atoms with Gasteiger partial charge >= 0.3 is 0 Å². The van der Waals surface area contributed by atoms with Crippen molar-refractivity contribution in [1.82, 2.24) is 10.6 Å². The van der Waals surface area contributed by atoms with E-state index in [0.717, 1.165) is 11.3 Å². The number of hydrogen-bond acceptors (Lipinski definition) is 4. The molecule has 0 aromatic heterocycles. The van der Waals surface area contributed by atoms with Crippen LogP contribution in [0.3, 0.4) is 0 Å². The summed E-state index contributed by atoms with van der Waals surface area (Å²) in [6.07, 6.45) is 0. The molecule has 1 fully saturated rings. The number of nitrogens with one attached hydrogen (secondary N) is 2. The zero-order valence-corrected chi connectivity index (χ0v) is 12.2. The van der Waals surface area contributed by atoms with Gasteiger partial charge in [-0.3, -0.25) is 4.79 Å². The van der Waals surface area contributed by atoms with Gasteiger partial charge in [0.1, 0.15) is 5.75 Å². The van der Waals surface area contributed by atoms with E-state index < -0.39 is 0 Å². The van der Waals surface area contributed by atoms with Crippen LogP contribution < -0.4 is 15.4 Å². The highest BCUT2D eigenvalue weighted by molar-refractivity contribution is 5.80. The van der Waals surface area contributed by atoms with Crippen molar-refractivity contribution >= 4 is 5.91 Å². The lowest BCUT2D eigenvalue weighted by Gasteiger charge is -2.20. The van der Waals surface area contributed by atoms with Crippen LogP contribution in [-0.2, 0) is 9.53 Å². The second-order valence-electron chi connectivity index (χ2n) is 5.04. The van der Waals surface area contributed by atoms with Crippen LogP contribution in [-0.4, -0.2) is 39.3 Å². The molecule has 1 aromatic carbocycles. The molecule has 0 bridgehead atoms. The van der Waals surface area contributed by atoms with Crippen molar-refractivity contribution in [2.75, 3.05) is 27.4 Å². The van der Waals surface area contributed by atoms with Gasteiger partial charge in [0, 0.05) is 6.04 Å². The van der Waals surface area contributed by atoms with Crippen LogP contribution >= 0.6 is 0 Å². The first kappa shape index (κ1) is 14.8. The molecule has 1 saturated heterocycles. The van der Waals surface area contributed by atoms with Crippen LogP contribution in [0.15, 0.2) is 24.3 Å². The Balaban J connectivity index is 1.96. The van der Waals surface area contributed by atoms with Gasteiger partial charge in [-0.05, 0) is 31.7 Å². The molecule has 1 aliphatic rings. The fourth-order valence-corrected chi connectivity index (χ4v) is 2.39.